The zero-order valence-electron chi connectivity index (χ0n) is 19.0. The van der Waals surface area contributed by atoms with E-state index in [4.69, 9.17) is 0 Å². The van der Waals surface area contributed by atoms with Gasteiger partial charge in [-0.15, -0.1) is 0 Å². The maximum Gasteiger partial charge on any atom is 0.243 e. The molecule has 1 saturated heterocycles. The molecule has 1 radical (unpaired) electrons. The quantitative estimate of drug-likeness (QED) is 0.666. The monoisotopic (exact) mass is 483 g/mol. The molecule has 2 heterocycles. The molecule has 5 rings (SSSR count). The molecule has 0 amide bonds. The van der Waals surface area contributed by atoms with Crippen molar-refractivity contribution < 1.29 is 16.8 Å². The lowest BCUT2D eigenvalue weighted by atomic mass is 9.81. The van der Waals surface area contributed by atoms with Gasteiger partial charge in [0.05, 0.1) is 9.79 Å². The van der Waals surface area contributed by atoms with Crippen LogP contribution in [0.25, 0.3) is 0 Å². The topological polar surface area (TPSA) is 74.8 Å². The van der Waals surface area contributed by atoms with Crippen LogP contribution in [0, 0.1) is 19.8 Å². The fourth-order valence-electron chi connectivity index (χ4n) is 4.88. The van der Waals surface area contributed by atoms with E-state index in [-0.39, 0.29) is 22.9 Å². The number of aryl methyl sites for hydroxylation is 2. The van der Waals surface area contributed by atoms with Crippen molar-refractivity contribution in [3.63, 3.8) is 0 Å². The van der Waals surface area contributed by atoms with Crippen LogP contribution < -0.4 is 0 Å². The molecule has 0 N–H and O–H groups in total. The Morgan fingerprint density at radius 3 is 1.58 bits per heavy atom. The number of rotatable bonds is 4. The van der Waals surface area contributed by atoms with Crippen LogP contribution in [0.1, 0.15) is 24.5 Å². The largest absolute Gasteiger partial charge is 0.243 e. The van der Waals surface area contributed by atoms with Crippen molar-refractivity contribution in [1.82, 2.24) is 8.61 Å². The molecule has 1 aliphatic carbocycles. The first-order valence-electron chi connectivity index (χ1n) is 11.0. The minimum atomic E-state index is -3.63. The van der Waals surface area contributed by atoms with E-state index in [9.17, 15) is 16.8 Å². The second-order valence-electron chi connectivity index (χ2n) is 9.17. The molecule has 0 unspecified atom stereocenters. The highest BCUT2D eigenvalue weighted by Gasteiger charge is 2.45. The lowest BCUT2D eigenvalue weighted by molar-refractivity contribution is 0.474. The van der Waals surface area contributed by atoms with Crippen molar-refractivity contribution >= 4 is 20.0 Å². The predicted molar refractivity (Wildman–Crippen MR) is 127 cm³/mol. The minimum Gasteiger partial charge on any atom is -0.207 e. The molecular weight excluding hydrogens is 456 g/mol. The molecule has 33 heavy (non-hydrogen) atoms. The van der Waals surface area contributed by atoms with Gasteiger partial charge in [0.25, 0.3) is 0 Å². The van der Waals surface area contributed by atoms with Gasteiger partial charge < -0.3 is 0 Å². The highest BCUT2D eigenvalue weighted by molar-refractivity contribution is 7.89. The molecule has 0 atom stereocenters. The molecule has 2 aliphatic heterocycles. The summed E-state index contributed by atoms with van der Waals surface area (Å²) in [5.74, 6) is 0.978. The van der Waals surface area contributed by atoms with Gasteiger partial charge in [0.1, 0.15) is 0 Å². The van der Waals surface area contributed by atoms with Crippen molar-refractivity contribution in [3.8, 4) is 0 Å². The third-order valence-electron chi connectivity index (χ3n) is 6.84. The van der Waals surface area contributed by atoms with Gasteiger partial charge >= 0.3 is 0 Å². The van der Waals surface area contributed by atoms with Crippen LogP contribution in [0.5, 0.6) is 0 Å². The number of benzene rings is 2. The van der Waals surface area contributed by atoms with E-state index in [0.717, 1.165) is 39.3 Å². The highest BCUT2D eigenvalue weighted by atomic mass is 32.2. The van der Waals surface area contributed by atoms with Crippen molar-refractivity contribution in [3.05, 3.63) is 87.9 Å². The molecular formula is C25H27N2O4S2. The summed E-state index contributed by atoms with van der Waals surface area (Å²) in [6.45, 7) is 7.13. The van der Waals surface area contributed by atoms with Crippen LogP contribution in [0.15, 0.2) is 80.6 Å². The lowest BCUT2D eigenvalue weighted by Crippen LogP contribution is -2.31. The molecule has 173 valence electrons. The third-order valence-corrected chi connectivity index (χ3v) is 10.4. The van der Waals surface area contributed by atoms with Gasteiger partial charge in [0.15, 0.2) is 0 Å². The Kier molecular flexibility index (Phi) is 5.40. The zero-order chi connectivity index (χ0) is 23.5. The fraction of sp³-hybridized carbons (Fsp3) is 0.320. The van der Waals surface area contributed by atoms with E-state index >= 15 is 0 Å². The maximum atomic E-state index is 13.3. The van der Waals surface area contributed by atoms with Gasteiger partial charge in [0, 0.05) is 32.1 Å². The molecule has 6 nitrogen and oxygen atoms in total. The van der Waals surface area contributed by atoms with Crippen LogP contribution in [-0.2, 0) is 20.0 Å². The molecule has 2 aromatic carbocycles. The van der Waals surface area contributed by atoms with Crippen molar-refractivity contribution in [1.29, 1.82) is 0 Å². The second-order valence-corrected chi connectivity index (χ2v) is 13.0. The summed E-state index contributed by atoms with van der Waals surface area (Å²) in [4.78, 5) is 0.577. The average molecular weight is 484 g/mol. The van der Waals surface area contributed by atoms with Gasteiger partial charge in [-0.05, 0) is 68.2 Å². The summed E-state index contributed by atoms with van der Waals surface area (Å²) in [6.07, 6.45) is 0.687. The van der Waals surface area contributed by atoms with Gasteiger partial charge in [-0.3, -0.25) is 0 Å². The van der Waals surface area contributed by atoms with Gasteiger partial charge in [-0.2, -0.15) is 8.61 Å². The summed E-state index contributed by atoms with van der Waals surface area (Å²) in [6, 6.07) is 13.8. The van der Waals surface area contributed by atoms with Crippen LogP contribution >= 0.6 is 0 Å². The zero-order valence-corrected chi connectivity index (χ0v) is 20.6. The Bertz CT molecular complexity index is 1390. The lowest BCUT2D eigenvalue weighted by Gasteiger charge is -2.22. The molecule has 8 heteroatoms. The molecule has 0 spiro atoms. The first-order valence-corrected chi connectivity index (χ1v) is 13.8. The van der Waals surface area contributed by atoms with Gasteiger partial charge in [0.2, 0.25) is 20.0 Å². The molecule has 1 fully saturated rings. The predicted octanol–water partition coefficient (Wildman–Crippen LogP) is 3.60. The molecule has 0 saturated carbocycles. The smallest absolute Gasteiger partial charge is 0.207 e. The average Bonchev–Trinajstić information content (AvgIpc) is 3.40. The van der Waals surface area contributed by atoms with Crippen LogP contribution in [0.4, 0.5) is 0 Å². The van der Waals surface area contributed by atoms with Crippen molar-refractivity contribution in [2.45, 2.75) is 37.0 Å². The molecule has 2 aromatic rings. The van der Waals surface area contributed by atoms with E-state index < -0.39 is 20.0 Å². The summed E-state index contributed by atoms with van der Waals surface area (Å²) in [5.41, 5.74) is 6.25. The first-order chi connectivity index (χ1) is 15.6. The Balaban J connectivity index is 1.41. The highest BCUT2D eigenvalue weighted by Crippen LogP contribution is 2.46. The van der Waals surface area contributed by atoms with E-state index in [0.29, 0.717) is 19.5 Å². The van der Waals surface area contributed by atoms with Crippen LogP contribution in [-0.4, -0.2) is 51.6 Å². The van der Waals surface area contributed by atoms with Gasteiger partial charge in [-0.1, -0.05) is 41.0 Å². The second kappa shape index (κ2) is 7.91. The first kappa shape index (κ1) is 22.5. The molecule has 0 bridgehead atoms. The number of hydrogen-bond acceptors (Lipinski definition) is 4. The number of sulfonamides is 2. The Morgan fingerprint density at radius 1 is 0.606 bits per heavy atom. The SMILES string of the molecule is CC1=C2CN(S(=O)(=O)c3ccc(C)cc3)C[C]2C2=C(C1)CN(S(=O)(=O)c1ccc(C)cc1)C2. The van der Waals surface area contributed by atoms with Crippen molar-refractivity contribution in [2.24, 2.45) is 0 Å². The number of fused-ring (bicyclic) bond motifs is 2. The minimum absolute atomic E-state index is 0.278. The maximum absolute atomic E-state index is 13.3. The van der Waals surface area contributed by atoms with E-state index in [1.807, 2.05) is 20.8 Å². The molecule has 0 aromatic heterocycles. The van der Waals surface area contributed by atoms with Crippen LogP contribution in [0.3, 0.4) is 0 Å². The Labute approximate surface area is 196 Å². The van der Waals surface area contributed by atoms with Crippen LogP contribution in [0.2, 0.25) is 0 Å². The number of nitrogens with zero attached hydrogens (tertiary/aromatic N) is 2. The fourth-order valence-corrected chi connectivity index (χ4v) is 7.66. The summed E-state index contributed by atoms with van der Waals surface area (Å²) in [7, 11) is -7.25. The third kappa shape index (κ3) is 3.79. The van der Waals surface area contributed by atoms with E-state index in [2.05, 4.69) is 0 Å². The van der Waals surface area contributed by atoms with E-state index in [1.54, 1.807) is 48.5 Å². The Hall–Kier alpha value is -2.26. The summed E-state index contributed by atoms with van der Waals surface area (Å²) < 4.78 is 56.2. The molecule has 3 aliphatic rings. The van der Waals surface area contributed by atoms with E-state index in [1.165, 1.54) is 8.61 Å². The van der Waals surface area contributed by atoms with Gasteiger partial charge in [-0.25, -0.2) is 16.8 Å². The summed E-state index contributed by atoms with van der Waals surface area (Å²) >= 11 is 0. The summed E-state index contributed by atoms with van der Waals surface area (Å²) in [5, 5.41) is 0. The van der Waals surface area contributed by atoms with Crippen molar-refractivity contribution in [2.75, 3.05) is 26.2 Å². The number of allylic oxidation sites excluding steroid dienone is 1. The normalized spacial score (nSPS) is 20.5. The number of hydrogen-bond donors (Lipinski definition) is 0. The standard InChI is InChI=1S/C25H27N2O4S2/c1-17-4-8-21(9-5-17)32(28,29)26-13-20-12-19(3)23-14-27(16-25(23)24(20)15-26)33(30,31)22-10-6-18(2)7-11-22/h4-11H,12-16H2,1-3H3. The Morgan fingerprint density at radius 2 is 1.06 bits per heavy atom.